The molecule has 0 saturated carbocycles. The molecule has 1 aliphatic heterocycles. The van der Waals surface area contributed by atoms with Gasteiger partial charge in [0, 0.05) is 0 Å². The highest BCUT2D eigenvalue weighted by Crippen LogP contribution is 2.26. The first kappa shape index (κ1) is 8.69. The highest BCUT2D eigenvalue weighted by molar-refractivity contribution is 4.72. The summed E-state index contributed by atoms with van der Waals surface area (Å²) >= 11 is 0. The summed E-state index contributed by atoms with van der Waals surface area (Å²) in [6.07, 6.45) is 1.82. The van der Waals surface area contributed by atoms with Crippen LogP contribution in [0.15, 0.2) is 20.7 Å². The third-order valence-electron chi connectivity index (χ3n) is 1.61. The summed E-state index contributed by atoms with van der Waals surface area (Å²) in [5.74, 6) is -1.62. The Labute approximate surface area is 68.7 Å². The van der Waals surface area contributed by atoms with Gasteiger partial charge in [0.25, 0.3) is 0 Å². The average Bonchev–Trinajstić information content (AvgIpc) is 2.50. The van der Waals surface area contributed by atoms with E-state index in [1.165, 1.54) is 0 Å². The largest absolute Gasteiger partial charge is 0.447 e. The second-order valence-electron chi connectivity index (χ2n) is 2.51. The van der Waals surface area contributed by atoms with E-state index in [1.54, 1.807) is 0 Å². The van der Waals surface area contributed by atoms with Crippen LogP contribution in [0.1, 0.15) is 26.2 Å². The zero-order valence-electron chi connectivity index (χ0n) is 6.67. The summed E-state index contributed by atoms with van der Waals surface area (Å²) in [6.45, 7) is 1.94. The molecule has 7 nitrogen and oxygen atoms in total. The maximum Gasteiger partial charge on any atom is 0.447 e. The van der Waals surface area contributed by atoms with Gasteiger partial charge in [-0.05, 0) is 16.9 Å². The van der Waals surface area contributed by atoms with Gasteiger partial charge in [0.15, 0.2) is 0 Å². The van der Waals surface area contributed by atoms with Crippen molar-refractivity contribution < 1.29 is 4.92 Å². The molecule has 0 N–H and O–H groups in total. The van der Waals surface area contributed by atoms with Crippen LogP contribution in [0.2, 0.25) is 0 Å². The fourth-order valence-electron chi connectivity index (χ4n) is 0.882. The first-order valence-corrected chi connectivity index (χ1v) is 3.70. The molecule has 1 rings (SSSR count). The zero-order valence-corrected chi connectivity index (χ0v) is 6.67. The first-order chi connectivity index (χ1) is 5.71. The van der Waals surface area contributed by atoms with Crippen molar-refractivity contribution in [3.63, 3.8) is 0 Å². The van der Waals surface area contributed by atoms with Gasteiger partial charge in [0.2, 0.25) is 0 Å². The van der Waals surface area contributed by atoms with Crippen molar-refractivity contribution >= 4 is 0 Å². The van der Waals surface area contributed by atoms with Gasteiger partial charge in [-0.15, -0.1) is 0 Å². The second kappa shape index (κ2) is 3.33. The van der Waals surface area contributed by atoms with Gasteiger partial charge in [0.05, 0.1) is 11.3 Å². The normalized spacial score (nSPS) is 18.4. The number of nitro groups is 1. The number of hydrogen-bond acceptors (Lipinski definition) is 6. The van der Waals surface area contributed by atoms with Crippen molar-refractivity contribution in [2.24, 2.45) is 20.7 Å². The Kier molecular flexibility index (Phi) is 2.41. The van der Waals surface area contributed by atoms with Crippen molar-refractivity contribution in [3.8, 4) is 0 Å². The highest BCUT2D eigenvalue weighted by Gasteiger charge is 2.45. The van der Waals surface area contributed by atoms with Gasteiger partial charge < -0.3 is 0 Å². The number of nitrogens with zero attached hydrogens (tertiary/aromatic N) is 5. The lowest BCUT2D eigenvalue weighted by molar-refractivity contribution is -0.568. The maximum absolute atomic E-state index is 10.5. The molecule has 1 heterocycles. The van der Waals surface area contributed by atoms with Crippen molar-refractivity contribution in [1.82, 2.24) is 0 Å². The van der Waals surface area contributed by atoms with E-state index < -0.39 is 10.7 Å². The minimum Gasteiger partial charge on any atom is -0.260 e. The van der Waals surface area contributed by atoms with Crippen LogP contribution in [0.4, 0.5) is 0 Å². The minimum atomic E-state index is -1.62. The molecule has 0 spiro atoms. The molecular formula is C5H9N5O2. The van der Waals surface area contributed by atoms with E-state index in [-0.39, 0.29) is 6.42 Å². The Bertz CT molecular complexity index is 224. The van der Waals surface area contributed by atoms with E-state index >= 15 is 0 Å². The van der Waals surface area contributed by atoms with Crippen LogP contribution in [0.5, 0.6) is 0 Å². The first-order valence-electron chi connectivity index (χ1n) is 3.70. The summed E-state index contributed by atoms with van der Waals surface area (Å²) in [6, 6.07) is 0. The summed E-state index contributed by atoms with van der Waals surface area (Å²) in [5.41, 5.74) is 0. The van der Waals surface area contributed by atoms with Crippen LogP contribution in [-0.2, 0) is 0 Å². The molecule has 7 heteroatoms. The highest BCUT2D eigenvalue weighted by atomic mass is 16.6. The molecular weight excluding hydrogens is 162 g/mol. The minimum absolute atomic E-state index is 0.267. The van der Waals surface area contributed by atoms with Crippen molar-refractivity contribution in [3.05, 3.63) is 10.1 Å². The summed E-state index contributed by atoms with van der Waals surface area (Å²) in [5, 5.41) is 23.6. The molecule has 0 aromatic carbocycles. The molecule has 0 aliphatic carbocycles. The molecule has 0 atom stereocenters. The van der Waals surface area contributed by atoms with Crippen LogP contribution in [0.25, 0.3) is 0 Å². The smallest absolute Gasteiger partial charge is 0.260 e. The molecule has 1 aliphatic rings. The lowest BCUT2D eigenvalue weighted by Crippen LogP contribution is -2.31. The molecule has 0 fully saturated rings. The average molecular weight is 171 g/mol. The molecule has 0 radical (unpaired) electrons. The van der Waals surface area contributed by atoms with Crippen LogP contribution >= 0.6 is 0 Å². The molecule has 0 saturated heterocycles. The lowest BCUT2D eigenvalue weighted by atomic mass is 10.2. The van der Waals surface area contributed by atoms with Gasteiger partial charge >= 0.3 is 5.79 Å². The van der Waals surface area contributed by atoms with Gasteiger partial charge in [0.1, 0.15) is 0 Å². The number of rotatable bonds is 4. The van der Waals surface area contributed by atoms with Crippen LogP contribution in [0, 0.1) is 10.1 Å². The van der Waals surface area contributed by atoms with E-state index in [9.17, 15) is 10.1 Å². The lowest BCUT2D eigenvalue weighted by Gasteiger charge is -2.08. The Morgan fingerprint density at radius 1 is 1.42 bits per heavy atom. The topological polar surface area (TPSA) is 92.6 Å². The predicted octanol–water partition coefficient (Wildman–Crippen LogP) is 1.94. The molecule has 0 unspecified atom stereocenters. The standard InChI is InChI=1S/C5H9N5O2/c1-2-3-4-5(10(11)12)6-8-9-7-5/h2-4H2,1H3. The van der Waals surface area contributed by atoms with Crippen molar-refractivity contribution in [1.29, 1.82) is 0 Å². The Morgan fingerprint density at radius 3 is 2.42 bits per heavy atom. The molecule has 66 valence electrons. The molecule has 0 amide bonds. The van der Waals surface area contributed by atoms with Crippen LogP contribution < -0.4 is 0 Å². The Hall–Kier alpha value is -1.40. The van der Waals surface area contributed by atoms with E-state index in [4.69, 9.17) is 0 Å². The van der Waals surface area contributed by atoms with Gasteiger partial charge in [-0.25, -0.2) is 0 Å². The quantitative estimate of drug-likeness (QED) is 0.477. The van der Waals surface area contributed by atoms with Crippen molar-refractivity contribution in [2.75, 3.05) is 0 Å². The molecule has 0 aromatic rings. The molecule has 0 aromatic heterocycles. The van der Waals surface area contributed by atoms with E-state index in [1.807, 2.05) is 6.92 Å². The summed E-state index contributed by atoms with van der Waals surface area (Å²) < 4.78 is 0. The SMILES string of the molecule is CCCCC1([N+](=O)[O-])N=NN=N1. The van der Waals surface area contributed by atoms with E-state index in [2.05, 4.69) is 20.7 Å². The third-order valence-corrected chi connectivity index (χ3v) is 1.61. The Balaban J connectivity index is 2.67. The Morgan fingerprint density at radius 2 is 2.00 bits per heavy atom. The zero-order chi connectivity index (χ0) is 9.03. The fourth-order valence-corrected chi connectivity index (χ4v) is 0.882. The predicted molar refractivity (Wildman–Crippen MR) is 39.0 cm³/mol. The van der Waals surface area contributed by atoms with Crippen LogP contribution in [-0.4, -0.2) is 10.7 Å². The van der Waals surface area contributed by atoms with Gasteiger partial charge in [-0.1, -0.05) is 23.6 Å². The second-order valence-corrected chi connectivity index (χ2v) is 2.51. The fraction of sp³-hybridized carbons (Fsp3) is 1.00. The van der Waals surface area contributed by atoms with E-state index in [0.29, 0.717) is 6.42 Å². The molecule has 0 bridgehead atoms. The van der Waals surface area contributed by atoms with E-state index in [0.717, 1.165) is 6.42 Å². The van der Waals surface area contributed by atoms with Crippen molar-refractivity contribution in [2.45, 2.75) is 32.0 Å². The number of hydrogen-bond donors (Lipinski definition) is 0. The monoisotopic (exact) mass is 171 g/mol. The molecule has 12 heavy (non-hydrogen) atoms. The third kappa shape index (κ3) is 1.44. The van der Waals surface area contributed by atoms with Crippen LogP contribution in [0.3, 0.4) is 0 Å². The summed E-state index contributed by atoms with van der Waals surface area (Å²) in [7, 11) is 0. The van der Waals surface area contributed by atoms with Gasteiger partial charge in [-0.3, -0.25) is 10.1 Å². The van der Waals surface area contributed by atoms with Gasteiger partial charge in [-0.2, -0.15) is 0 Å². The maximum atomic E-state index is 10.5. The summed E-state index contributed by atoms with van der Waals surface area (Å²) in [4.78, 5) is 9.97. The number of unbranched alkanes of at least 4 members (excludes halogenated alkanes) is 1.